The molecule has 4 heterocycles. The molecule has 43 heavy (non-hydrogen) atoms. The van der Waals surface area contributed by atoms with Crippen LogP contribution in [-0.4, -0.2) is 44.7 Å². The van der Waals surface area contributed by atoms with Gasteiger partial charge in [-0.3, -0.25) is 24.2 Å². The lowest BCUT2D eigenvalue weighted by Gasteiger charge is -2.27. The number of nitrogens with zero attached hydrogens (tertiary/aromatic N) is 1. The van der Waals surface area contributed by atoms with Gasteiger partial charge in [0.25, 0.3) is 5.91 Å². The summed E-state index contributed by atoms with van der Waals surface area (Å²) in [4.78, 5) is 56.4. The summed E-state index contributed by atoms with van der Waals surface area (Å²) < 4.78 is 0. The van der Waals surface area contributed by atoms with E-state index < -0.39 is 17.4 Å². The fourth-order valence-electron chi connectivity index (χ4n) is 6.46. The van der Waals surface area contributed by atoms with Gasteiger partial charge in [-0.25, -0.2) is 0 Å². The maximum atomic E-state index is 12.4. The normalized spacial score (nSPS) is 23.9. The average molecular weight is 585 g/mol. The van der Waals surface area contributed by atoms with Crippen LogP contribution in [0.4, 0.5) is 0 Å². The van der Waals surface area contributed by atoms with E-state index in [1.807, 2.05) is 32.9 Å². The molecule has 1 aromatic heterocycles. The summed E-state index contributed by atoms with van der Waals surface area (Å²) in [5.74, 6) is -2.37. The molecular weight excluding hydrogens is 548 g/mol. The summed E-state index contributed by atoms with van der Waals surface area (Å²) in [5.41, 5.74) is 8.70. The molecule has 0 aromatic carbocycles. The van der Waals surface area contributed by atoms with Crippen LogP contribution in [0.5, 0.6) is 0 Å². The predicted octanol–water partition coefficient (Wildman–Crippen LogP) is 4.42. The number of amides is 2. The Hall–Kier alpha value is -4.73. The summed E-state index contributed by atoms with van der Waals surface area (Å²) in [7, 11) is 0. The van der Waals surface area contributed by atoms with Gasteiger partial charge in [0.05, 0.1) is 11.6 Å². The van der Waals surface area contributed by atoms with E-state index in [4.69, 9.17) is 4.99 Å². The molecule has 0 saturated carbocycles. The SMILES string of the molecule is C=CC1=C(C)/C(=C\c2[nH]c(CC3=C(CCC(=O)O)C4(C)CC=C5C(=CC4=N3)NC(=O)C5C)c(CCC(=O)O)c2C)NC1=O. The molecule has 4 aliphatic rings. The van der Waals surface area contributed by atoms with Crippen LogP contribution in [0.2, 0.25) is 0 Å². The van der Waals surface area contributed by atoms with Crippen LogP contribution in [0.3, 0.4) is 0 Å². The van der Waals surface area contributed by atoms with E-state index in [1.165, 1.54) is 6.08 Å². The van der Waals surface area contributed by atoms with Crippen LogP contribution in [0.15, 0.2) is 69.2 Å². The number of aliphatic carboxylic acids is 2. The number of hydrogen-bond donors (Lipinski definition) is 5. The molecule has 0 radical (unpaired) electrons. The predicted molar refractivity (Wildman–Crippen MR) is 162 cm³/mol. The number of aromatic amines is 1. The number of carbonyl (C=O) groups excluding carboxylic acids is 2. The highest BCUT2D eigenvalue weighted by atomic mass is 16.4. The molecule has 10 heteroatoms. The first-order valence-electron chi connectivity index (χ1n) is 14.4. The molecule has 2 atom stereocenters. The maximum Gasteiger partial charge on any atom is 0.303 e. The first-order valence-corrected chi connectivity index (χ1v) is 14.4. The fourth-order valence-corrected chi connectivity index (χ4v) is 6.46. The van der Waals surface area contributed by atoms with Gasteiger partial charge in [-0.1, -0.05) is 18.7 Å². The summed E-state index contributed by atoms with van der Waals surface area (Å²) >= 11 is 0. The van der Waals surface area contributed by atoms with Gasteiger partial charge in [0.2, 0.25) is 5.91 Å². The summed E-state index contributed by atoms with van der Waals surface area (Å²) in [6.45, 7) is 11.4. The second-order valence-electron chi connectivity index (χ2n) is 11.7. The van der Waals surface area contributed by atoms with Crippen molar-refractivity contribution in [2.75, 3.05) is 0 Å². The third-order valence-corrected chi connectivity index (χ3v) is 9.10. The monoisotopic (exact) mass is 584 g/mol. The Morgan fingerprint density at radius 2 is 1.84 bits per heavy atom. The maximum absolute atomic E-state index is 12.4. The number of carboxylic acids is 2. The van der Waals surface area contributed by atoms with E-state index in [1.54, 1.807) is 0 Å². The van der Waals surface area contributed by atoms with Crippen molar-refractivity contribution >= 4 is 35.5 Å². The minimum atomic E-state index is -0.914. The quantitative estimate of drug-likeness (QED) is 0.274. The molecule has 2 amide bonds. The molecule has 224 valence electrons. The van der Waals surface area contributed by atoms with Crippen molar-refractivity contribution in [3.8, 4) is 0 Å². The minimum absolute atomic E-state index is 0.0541. The smallest absolute Gasteiger partial charge is 0.303 e. The van der Waals surface area contributed by atoms with Crippen molar-refractivity contribution in [2.24, 2.45) is 16.3 Å². The standard InChI is InChI=1S/C33H36N4O6/c1-6-19-16(2)24(36-32(19)43)13-23-17(3)20(7-9-29(38)39)25(34-23)14-27-22(8-10-30(40)41)33(5)12-11-21-18(4)31(42)37-26(21)15-28(33)35-27/h6,11,13,15,18,34H,1,7-10,12,14H2,2-5H3,(H,36,43)(H,37,42)(H,38,39)(H,40,41)/b24-13+. The number of fused-ring (bicyclic) bond motifs is 2. The molecule has 2 unspecified atom stereocenters. The molecule has 1 saturated heterocycles. The first kappa shape index (κ1) is 29.8. The fraction of sp³-hybridized carbons (Fsp3) is 0.364. The van der Waals surface area contributed by atoms with E-state index in [9.17, 15) is 29.4 Å². The van der Waals surface area contributed by atoms with Gasteiger partial charge in [0, 0.05) is 58.7 Å². The lowest BCUT2D eigenvalue weighted by molar-refractivity contribution is -0.138. The lowest BCUT2D eigenvalue weighted by atomic mass is 9.74. The molecule has 0 spiro atoms. The summed E-state index contributed by atoms with van der Waals surface area (Å²) in [6, 6.07) is 0. The van der Waals surface area contributed by atoms with Crippen LogP contribution in [0, 0.1) is 18.3 Å². The Morgan fingerprint density at radius 3 is 2.49 bits per heavy atom. The Labute approximate surface area is 249 Å². The van der Waals surface area contributed by atoms with Gasteiger partial charge >= 0.3 is 11.9 Å². The molecule has 3 aliphatic heterocycles. The van der Waals surface area contributed by atoms with Gasteiger partial charge in [-0.15, -0.1) is 0 Å². The number of rotatable bonds is 10. The Balaban J connectivity index is 1.58. The number of nitrogens with one attached hydrogen (secondary N) is 3. The van der Waals surface area contributed by atoms with Crippen molar-refractivity contribution in [3.63, 3.8) is 0 Å². The van der Waals surface area contributed by atoms with Crippen molar-refractivity contribution in [1.29, 1.82) is 0 Å². The van der Waals surface area contributed by atoms with E-state index in [2.05, 4.69) is 35.2 Å². The highest BCUT2D eigenvalue weighted by Gasteiger charge is 2.43. The van der Waals surface area contributed by atoms with Crippen LogP contribution >= 0.6 is 0 Å². The van der Waals surface area contributed by atoms with Crippen LogP contribution in [0.1, 0.15) is 69.0 Å². The van der Waals surface area contributed by atoms with Crippen LogP contribution in [0.25, 0.3) is 6.08 Å². The zero-order valence-corrected chi connectivity index (χ0v) is 24.8. The van der Waals surface area contributed by atoms with Crippen molar-refractivity contribution < 1.29 is 29.4 Å². The van der Waals surface area contributed by atoms with Crippen molar-refractivity contribution in [1.82, 2.24) is 15.6 Å². The topological polar surface area (TPSA) is 161 Å². The summed E-state index contributed by atoms with van der Waals surface area (Å²) in [5, 5.41) is 24.8. The number of H-pyrrole nitrogens is 1. The lowest BCUT2D eigenvalue weighted by Crippen LogP contribution is -2.26. The number of carboxylic acid groups (broad SMARTS) is 2. The number of hydrogen-bond acceptors (Lipinski definition) is 5. The zero-order chi connectivity index (χ0) is 31.2. The highest BCUT2D eigenvalue weighted by molar-refractivity contribution is 6.07. The Bertz CT molecular complexity index is 1680. The molecule has 1 aliphatic carbocycles. The Kier molecular flexibility index (Phi) is 7.72. The second-order valence-corrected chi connectivity index (χ2v) is 11.7. The molecule has 1 fully saturated rings. The van der Waals surface area contributed by atoms with Crippen LogP contribution < -0.4 is 10.6 Å². The molecule has 0 bridgehead atoms. The third-order valence-electron chi connectivity index (χ3n) is 9.10. The number of carbonyl (C=O) groups is 4. The second kappa shape index (κ2) is 11.2. The van der Waals surface area contributed by atoms with Gasteiger partial charge in [-0.05, 0) is 87.0 Å². The molecule has 5 N–H and O–H groups in total. The number of aromatic nitrogens is 1. The van der Waals surface area contributed by atoms with E-state index in [-0.39, 0.29) is 30.6 Å². The number of allylic oxidation sites excluding steroid dienone is 6. The van der Waals surface area contributed by atoms with Gasteiger partial charge < -0.3 is 25.8 Å². The summed E-state index contributed by atoms with van der Waals surface area (Å²) in [6.07, 6.45) is 8.74. The van der Waals surface area contributed by atoms with Crippen LogP contribution in [-0.2, 0) is 32.0 Å². The van der Waals surface area contributed by atoms with Crippen molar-refractivity contribution in [2.45, 2.75) is 66.2 Å². The van der Waals surface area contributed by atoms with Gasteiger partial charge in [0.15, 0.2) is 0 Å². The first-order chi connectivity index (χ1) is 20.3. The zero-order valence-electron chi connectivity index (χ0n) is 24.8. The Morgan fingerprint density at radius 1 is 1.14 bits per heavy atom. The van der Waals surface area contributed by atoms with Crippen molar-refractivity contribution in [3.05, 3.63) is 86.7 Å². The molecule has 5 rings (SSSR count). The molecule has 1 aromatic rings. The number of aliphatic imine (C=N–C) groups is 1. The third kappa shape index (κ3) is 5.33. The van der Waals surface area contributed by atoms with Gasteiger partial charge in [0.1, 0.15) is 0 Å². The largest absolute Gasteiger partial charge is 0.481 e. The minimum Gasteiger partial charge on any atom is -0.481 e. The highest BCUT2D eigenvalue weighted by Crippen LogP contribution is 2.48. The molecular formula is C33H36N4O6. The van der Waals surface area contributed by atoms with Gasteiger partial charge in [-0.2, -0.15) is 0 Å². The van der Waals surface area contributed by atoms with E-state index >= 15 is 0 Å². The molecule has 10 nitrogen and oxygen atoms in total. The van der Waals surface area contributed by atoms with E-state index in [0.29, 0.717) is 37.0 Å². The average Bonchev–Trinajstić information content (AvgIpc) is 3.53. The van der Waals surface area contributed by atoms with E-state index in [0.717, 1.165) is 56.3 Å².